The zero-order valence-electron chi connectivity index (χ0n) is 23.3. The molecule has 3 rings (SSSR count). The van der Waals surface area contributed by atoms with Crippen LogP contribution in [0.4, 0.5) is 4.39 Å². The van der Waals surface area contributed by atoms with E-state index in [4.69, 9.17) is 10.5 Å². The first-order valence-electron chi connectivity index (χ1n) is 13.1. The lowest BCUT2D eigenvalue weighted by atomic mass is 10.0. The lowest BCUT2D eigenvalue weighted by Gasteiger charge is -2.34. The normalized spacial score (nSPS) is 13.2. The van der Waals surface area contributed by atoms with E-state index in [9.17, 15) is 18.8 Å². The molecular weight excluding hydrogens is 511 g/mol. The number of carbonyl (C=O) groups is 3. The Morgan fingerprint density at radius 1 is 0.925 bits per heavy atom. The van der Waals surface area contributed by atoms with Gasteiger partial charge >= 0.3 is 0 Å². The Kier molecular flexibility index (Phi) is 10.9. The third-order valence-corrected chi connectivity index (χ3v) is 6.85. The standard InChI is InChI=1S/C31H37FN4O4/c1-21(33)23-14-10-15-25(17-23)30(38)36(4)28(20-40-19-22-11-6-5-7-12-22)31(39)35(3)27(29(37)34-2)18-24-13-8-9-16-26(24)32/h5-17,21,27-28H,18-20,33H2,1-4H3,(H,34,37)/t21?,27-,28-/m1/s1. The number of nitrogens with one attached hydrogen (secondary N) is 1. The SMILES string of the molecule is CNC(=O)[C@@H](Cc1ccccc1F)N(C)C(=O)[C@@H](COCc1ccccc1)N(C)C(=O)c1cccc(C(C)N)c1. The van der Waals surface area contributed by atoms with Crippen LogP contribution in [0.3, 0.4) is 0 Å². The highest BCUT2D eigenvalue weighted by atomic mass is 19.1. The number of amides is 3. The zero-order chi connectivity index (χ0) is 29.2. The van der Waals surface area contributed by atoms with Gasteiger partial charge in [-0.1, -0.05) is 60.7 Å². The number of nitrogens with zero attached hydrogens (tertiary/aromatic N) is 2. The molecule has 40 heavy (non-hydrogen) atoms. The van der Waals surface area contributed by atoms with E-state index in [0.29, 0.717) is 11.1 Å². The van der Waals surface area contributed by atoms with Crippen molar-refractivity contribution in [2.75, 3.05) is 27.7 Å². The highest BCUT2D eigenvalue weighted by Gasteiger charge is 2.35. The van der Waals surface area contributed by atoms with Crippen LogP contribution in [0.15, 0.2) is 78.9 Å². The van der Waals surface area contributed by atoms with Crippen molar-refractivity contribution in [3.8, 4) is 0 Å². The van der Waals surface area contributed by atoms with Gasteiger partial charge in [0.1, 0.15) is 17.9 Å². The van der Waals surface area contributed by atoms with Crippen LogP contribution in [0.1, 0.15) is 40.0 Å². The molecule has 0 radical (unpaired) electrons. The number of halogens is 1. The largest absolute Gasteiger partial charge is 0.374 e. The molecule has 3 atom stereocenters. The summed E-state index contributed by atoms with van der Waals surface area (Å²) in [5, 5.41) is 2.56. The van der Waals surface area contributed by atoms with Gasteiger partial charge in [-0.05, 0) is 41.8 Å². The van der Waals surface area contributed by atoms with Crippen molar-refractivity contribution in [1.82, 2.24) is 15.1 Å². The average Bonchev–Trinajstić information content (AvgIpc) is 2.97. The fourth-order valence-corrected chi connectivity index (χ4v) is 4.34. The monoisotopic (exact) mass is 548 g/mol. The lowest BCUT2D eigenvalue weighted by molar-refractivity contribution is -0.143. The topological polar surface area (TPSA) is 105 Å². The molecule has 0 heterocycles. The van der Waals surface area contributed by atoms with E-state index < -0.39 is 35.6 Å². The maximum absolute atomic E-state index is 14.5. The van der Waals surface area contributed by atoms with Gasteiger partial charge in [-0.3, -0.25) is 14.4 Å². The van der Waals surface area contributed by atoms with Crippen molar-refractivity contribution in [3.63, 3.8) is 0 Å². The summed E-state index contributed by atoms with van der Waals surface area (Å²) in [6.45, 7) is 1.93. The second-order valence-electron chi connectivity index (χ2n) is 9.72. The first-order valence-corrected chi connectivity index (χ1v) is 13.1. The third-order valence-electron chi connectivity index (χ3n) is 6.85. The molecule has 3 aromatic rings. The Balaban J connectivity index is 1.89. The van der Waals surface area contributed by atoms with Gasteiger partial charge in [0.05, 0.1) is 13.2 Å². The predicted molar refractivity (Wildman–Crippen MR) is 152 cm³/mol. The number of rotatable bonds is 12. The smallest absolute Gasteiger partial charge is 0.254 e. The van der Waals surface area contributed by atoms with Crippen molar-refractivity contribution in [1.29, 1.82) is 0 Å². The summed E-state index contributed by atoms with van der Waals surface area (Å²) in [5.74, 6) is -1.84. The second-order valence-corrected chi connectivity index (χ2v) is 9.72. The molecule has 9 heteroatoms. The number of hydrogen-bond donors (Lipinski definition) is 2. The molecule has 0 aromatic heterocycles. The number of ether oxygens (including phenoxy) is 1. The van der Waals surface area contributed by atoms with Crippen LogP contribution in [0.2, 0.25) is 0 Å². The van der Waals surface area contributed by atoms with Gasteiger partial charge in [-0.25, -0.2) is 4.39 Å². The number of carbonyl (C=O) groups excluding carboxylic acids is 3. The Morgan fingerprint density at radius 3 is 2.25 bits per heavy atom. The molecule has 0 aliphatic rings. The molecule has 212 valence electrons. The predicted octanol–water partition coefficient (Wildman–Crippen LogP) is 3.32. The summed E-state index contributed by atoms with van der Waals surface area (Å²) in [5.41, 5.74) is 8.36. The maximum atomic E-state index is 14.5. The number of nitrogens with two attached hydrogens (primary N) is 1. The van der Waals surface area contributed by atoms with Gasteiger partial charge in [-0.15, -0.1) is 0 Å². The zero-order valence-corrected chi connectivity index (χ0v) is 23.3. The average molecular weight is 549 g/mol. The van der Waals surface area contributed by atoms with Crippen LogP contribution >= 0.6 is 0 Å². The molecule has 0 bridgehead atoms. The van der Waals surface area contributed by atoms with E-state index in [2.05, 4.69) is 5.32 Å². The van der Waals surface area contributed by atoms with Crippen LogP contribution < -0.4 is 11.1 Å². The van der Waals surface area contributed by atoms with Gasteiger partial charge < -0.3 is 25.6 Å². The fourth-order valence-electron chi connectivity index (χ4n) is 4.34. The second kappa shape index (κ2) is 14.3. The van der Waals surface area contributed by atoms with E-state index in [1.807, 2.05) is 43.3 Å². The molecule has 0 fully saturated rings. The highest BCUT2D eigenvalue weighted by Crippen LogP contribution is 2.18. The van der Waals surface area contributed by atoms with Gasteiger partial charge in [-0.2, -0.15) is 0 Å². The number of hydrogen-bond acceptors (Lipinski definition) is 5. The summed E-state index contributed by atoms with van der Waals surface area (Å²) in [4.78, 5) is 42.9. The van der Waals surface area contributed by atoms with Crippen molar-refractivity contribution in [2.45, 2.75) is 38.1 Å². The molecule has 3 N–H and O–H groups in total. The van der Waals surface area contributed by atoms with E-state index in [1.54, 1.807) is 36.4 Å². The Hall–Kier alpha value is -4.08. The summed E-state index contributed by atoms with van der Waals surface area (Å²) in [6.07, 6.45) is -0.0414. The minimum atomic E-state index is -1.06. The first kappa shape index (κ1) is 30.5. The van der Waals surface area contributed by atoms with E-state index in [1.165, 1.54) is 37.0 Å². The molecule has 0 saturated heterocycles. The molecule has 0 saturated carbocycles. The van der Waals surface area contributed by atoms with Crippen molar-refractivity contribution in [2.24, 2.45) is 5.73 Å². The molecule has 1 unspecified atom stereocenters. The molecular formula is C31H37FN4O4. The van der Waals surface area contributed by atoms with Gasteiger partial charge in [0.15, 0.2) is 0 Å². The lowest BCUT2D eigenvalue weighted by Crippen LogP contribution is -2.56. The highest BCUT2D eigenvalue weighted by molar-refractivity contribution is 5.98. The third kappa shape index (κ3) is 7.74. The molecule has 0 spiro atoms. The van der Waals surface area contributed by atoms with E-state index in [-0.39, 0.29) is 25.7 Å². The molecule has 3 amide bonds. The summed E-state index contributed by atoms with van der Waals surface area (Å²) >= 11 is 0. The van der Waals surface area contributed by atoms with Crippen LogP contribution in [0.5, 0.6) is 0 Å². The van der Waals surface area contributed by atoms with E-state index in [0.717, 1.165) is 11.1 Å². The summed E-state index contributed by atoms with van der Waals surface area (Å²) < 4.78 is 20.4. The minimum Gasteiger partial charge on any atom is -0.374 e. The molecule has 0 aliphatic heterocycles. The molecule has 8 nitrogen and oxygen atoms in total. The van der Waals surface area contributed by atoms with Crippen molar-refractivity contribution in [3.05, 3.63) is 107 Å². The Bertz CT molecular complexity index is 1300. The van der Waals surface area contributed by atoms with Crippen molar-refractivity contribution >= 4 is 17.7 Å². The Morgan fingerprint density at radius 2 is 1.60 bits per heavy atom. The van der Waals surface area contributed by atoms with Crippen LogP contribution in [-0.4, -0.2) is 67.4 Å². The van der Waals surface area contributed by atoms with Crippen molar-refractivity contribution < 1.29 is 23.5 Å². The van der Waals surface area contributed by atoms with Crippen LogP contribution in [-0.2, 0) is 27.4 Å². The van der Waals surface area contributed by atoms with Crippen LogP contribution in [0, 0.1) is 5.82 Å². The van der Waals surface area contributed by atoms with Crippen LogP contribution in [0.25, 0.3) is 0 Å². The summed E-state index contributed by atoms with van der Waals surface area (Å²) in [6, 6.07) is 20.1. The summed E-state index contributed by atoms with van der Waals surface area (Å²) in [7, 11) is 4.45. The Labute approximate surface area is 234 Å². The molecule has 3 aromatic carbocycles. The minimum absolute atomic E-state index is 0.0414. The van der Waals surface area contributed by atoms with E-state index >= 15 is 0 Å². The van der Waals surface area contributed by atoms with Gasteiger partial charge in [0.2, 0.25) is 11.8 Å². The van der Waals surface area contributed by atoms with Gasteiger partial charge in [0.25, 0.3) is 5.91 Å². The maximum Gasteiger partial charge on any atom is 0.254 e. The molecule has 0 aliphatic carbocycles. The fraction of sp³-hybridized carbons (Fsp3) is 0.323. The number of benzene rings is 3. The first-order chi connectivity index (χ1) is 19.1. The quantitative estimate of drug-likeness (QED) is 0.361. The van der Waals surface area contributed by atoms with Gasteiger partial charge in [0, 0.05) is 39.2 Å². The number of likely N-dealkylation sites (N-methyl/N-ethyl adjacent to an activating group) is 3.